The van der Waals surface area contributed by atoms with E-state index in [1.807, 2.05) is 12.1 Å². The van der Waals surface area contributed by atoms with Crippen LogP contribution in [0.25, 0.3) is 0 Å². The number of nitrogens with one attached hydrogen (secondary N) is 1. The first-order chi connectivity index (χ1) is 10.2. The molecule has 0 aliphatic carbocycles. The molecule has 2 rings (SSSR count). The predicted molar refractivity (Wildman–Crippen MR) is 79.6 cm³/mol. The van der Waals surface area contributed by atoms with Gasteiger partial charge in [0.05, 0.1) is 0 Å². The normalized spacial score (nSPS) is 17.3. The minimum absolute atomic E-state index is 0.265. The van der Waals surface area contributed by atoms with E-state index < -0.39 is 6.61 Å². The average Bonchev–Trinajstić information content (AvgIpc) is 2.49. The second-order valence-electron chi connectivity index (χ2n) is 5.49. The molecule has 118 valence electrons. The van der Waals surface area contributed by atoms with Crippen molar-refractivity contribution in [3.63, 3.8) is 0 Å². The van der Waals surface area contributed by atoms with E-state index in [-0.39, 0.29) is 5.75 Å². The summed E-state index contributed by atoms with van der Waals surface area (Å²) in [5.74, 6) is 0.941. The van der Waals surface area contributed by atoms with E-state index in [0.29, 0.717) is 12.5 Å². The molecule has 0 saturated carbocycles. The number of likely N-dealkylation sites (tertiary alicyclic amines) is 1. The van der Waals surface area contributed by atoms with Crippen LogP contribution in [0.15, 0.2) is 24.3 Å². The minimum atomic E-state index is -2.77. The van der Waals surface area contributed by atoms with Gasteiger partial charge in [-0.25, -0.2) is 0 Å². The van der Waals surface area contributed by atoms with Gasteiger partial charge in [-0.3, -0.25) is 0 Å². The number of hydrogen-bond donors (Lipinski definition) is 1. The molecule has 1 aromatic rings. The number of nitrogens with zero attached hydrogens (tertiary/aromatic N) is 1. The van der Waals surface area contributed by atoms with Crippen molar-refractivity contribution >= 4 is 0 Å². The summed E-state index contributed by atoms with van der Waals surface area (Å²) in [4.78, 5) is 2.46. The van der Waals surface area contributed by atoms with E-state index in [1.165, 1.54) is 12.8 Å². The van der Waals surface area contributed by atoms with Crippen molar-refractivity contribution in [2.75, 3.05) is 26.2 Å². The van der Waals surface area contributed by atoms with Crippen molar-refractivity contribution in [1.29, 1.82) is 0 Å². The van der Waals surface area contributed by atoms with E-state index in [2.05, 4.69) is 21.9 Å². The van der Waals surface area contributed by atoms with Crippen LogP contribution in [0.1, 0.15) is 25.3 Å². The van der Waals surface area contributed by atoms with Crippen molar-refractivity contribution in [3.8, 4) is 5.75 Å². The maximum atomic E-state index is 12.3. The summed E-state index contributed by atoms with van der Waals surface area (Å²) < 4.78 is 29.2. The van der Waals surface area contributed by atoms with Gasteiger partial charge in [-0.15, -0.1) is 0 Å². The van der Waals surface area contributed by atoms with Gasteiger partial charge in [0.15, 0.2) is 0 Å². The fourth-order valence-corrected chi connectivity index (χ4v) is 2.78. The molecule has 1 fully saturated rings. The SMILES string of the molecule is CCN1CCC(CNCc2ccccc2OC(F)F)CC1. The zero-order valence-electron chi connectivity index (χ0n) is 12.5. The number of halogens is 2. The second-order valence-corrected chi connectivity index (χ2v) is 5.49. The molecule has 0 bridgehead atoms. The van der Waals surface area contributed by atoms with Crippen LogP contribution in [0.5, 0.6) is 5.75 Å². The van der Waals surface area contributed by atoms with Crippen LogP contribution < -0.4 is 10.1 Å². The van der Waals surface area contributed by atoms with E-state index >= 15 is 0 Å². The third-order valence-electron chi connectivity index (χ3n) is 4.09. The molecular formula is C16H24F2N2O. The number of ether oxygens (including phenoxy) is 1. The Kier molecular flexibility index (Phi) is 6.39. The van der Waals surface area contributed by atoms with Crippen LogP contribution in [-0.4, -0.2) is 37.7 Å². The van der Waals surface area contributed by atoms with Gasteiger partial charge in [0.1, 0.15) is 5.75 Å². The maximum absolute atomic E-state index is 12.3. The van der Waals surface area contributed by atoms with Crippen LogP contribution in [0.3, 0.4) is 0 Å². The maximum Gasteiger partial charge on any atom is 0.387 e. The molecule has 3 nitrogen and oxygen atoms in total. The van der Waals surface area contributed by atoms with Gasteiger partial charge < -0.3 is 15.0 Å². The molecule has 0 unspecified atom stereocenters. The molecule has 0 radical (unpaired) electrons. The van der Waals surface area contributed by atoms with Crippen molar-refractivity contribution in [3.05, 3.63) is 29.8 Å². The van der Waals surface area contributed by atoms with E-state index in [9.17, 15) is 8.78 Å². The topological polar surface area (TPSA) is 24.5 Å². The standard InChI is InChI=1S/C16H24F2N2O/c1-2-20-9-7-13(8-10-20)11-19-12-14-5-3-4-6-15(14)21-16(17)18/h3-6,13,16,19H,2,7-12H2,1H3. The molecular weight excluding hydrogens is 274 g/mol. The largest absolute Gasteiger partial charge is 0.434 e. The Bertz CT molecular complexity index is 420. The average molecular weight is 298 g/mol. The van der Waals surface area contributed by atoms with Gasteiger partial charge in [0.25, 0.3) is 0 Å². The fourth-order valence-electron chi connectivity index (χ4n) is 2.78. The summed E-state index contributed by atoms with van der Waals surface area (Å²) in [5.41, 5.74) is 0.781. The first-order valence-corrected chi connectivity index (χ1v) is 7.64. The first-order valence-electron chi connectivity index (χ1n) is 7.64. The molecule has 0 amide bonds. The highest BCUT2D eigenvalue weighted by molar-refractivity contribution is 5.33. The Labute approximate surface area is 125 Å². The molecule has 0 aromatic heterocycles. The molecule has 1 N–H and O–H groups in total. The van der Waals surface area contributed by atoms with Gasteiger partial charge in [-0.1, -0.05) is 25.1 Å². The smallest absolute Gasteiger partial charge is 0.387 e. The van der Waals surface area contributed by atoms with Crippen molar-refractivity contribution in [2.45, 2.75) is 32.9 Å². The van der Waals surface area contributed by atoms with Crippen LogP contribution in [0, 0.1) is 5.92 Å². The molecule has 0 spiro atoms. The zero-order chi connectivity index (χ0) is 15.1. The lowest BCUT2D eigenvalue weighted by Crippen LogP contribution is -2.37. The molecule has 1 aliphatic rings. The molecule has 1 heterocycles. The van der Waals surface area contributed by atoms with Gasteiger partial charge in [0.2, 0.25) is 0 Å². The van der Waals surface area contributed by atoms with Gasteiger partial charge in [-0.05, 0) is 51.0 Å². The summed E-state index contributed by atoms with van der Waals surface area (Å²) in [7, 11) is 0. The number of piperidine rings is 1. The number of rotatable bonds is 7. The lowest BCUT2D eigenvalue weighted by atomic mass is 9.97. The molecule has 5 heteroatoms. The lowest BCUT2D eigenvalue weighted by molar-refractivity contribution is -0.0505. The van der Waals surface area contributed by atoms with Gasteiger partial charge in [0, 0.05) is 12.1 Å². The second kappa shape index (κ2) is 8.29. The molecule has 1 aromatic carbocycles. The Balaban J connectivity index is 1.76. The Morgan fingerprint density at radius 1 is 1.29 bits per heavy atom. The summed E-state index contributed by atoms with van der Waals surface area (Å²) in [6.45, 7) is 4.36. The fraction of sp³-hybridized carbons (Fsp3) is 0.625. The minimum Gasteiger partial charge on any atom is -0.434 e. The summed E-state index contributed by atoms with van der Waals surface area (Å²) in [5, 5.41) is 3.37. The quantitative estimate of drug-likeness (QED) is 0.837. The molecule has 1 aliphatic heterocycles. The number of benzene rings is 1. The molecule has 1 saturated heterocycles. The monoisotopic (exact) mass is 298 g/mol. The number of hydrogen-bond acceptors (Lipinski definition) is 3. The summed E-state index contributed by atoms with van der Waals surface area (Å²) in [6.07, 6.45) is 2.41. The van der Waals surface area contributed by atoms with Gasteiger partial charge in [-0.2, -0.15) is 8.78 Å². The van der Waals surface area contributed by atoms with Crippen molar-refractivity contribution in [2.24, 2.45) is 5.92 Å². The van der Waals surface area contributed by atoms with Crippen LogP contribution in [-0.2, 0) is 6.54 Å². The Morgan fingerprint density at radius 2 is 2.00 bits per heavy atom. The molecule has 21 heavy (non-hydrogen) atoms. The van der Waals surface area contributed by atoms with Gasteiger partial charge >= 0.3 is 6.61 Å². The Hall–Kier alpha value is -1.20. The Morgan fingerprint density at radius 3 is 2.67 bits per heavy atom. The third kappa shape index (κ3) is 5.25. The highest BCUT2D eigenvalue weighted by Crippen LogP contribution is 2.21. The number of alkyl halides is 2. The highest BCUT2D eigenvalue weighted by Gasteiger charge is 2.17. The van der Waals surface area contributed by atoms with E-state index in [4.69, 9.17) is 0 Å². The van der Waals surface area contributed by atoms with Crippen molar-refractivity contribution in [1.82, 2.24) is 10.2 Å². The molecule has 0 atom stereocenters. The van der Waals surface area contributed by atoms with Crippen LogP contribution in [0.2, 0.25) is 0 Å². The van der Waals surface area contributed by atoms with Crippen LogP contribution in [0.4, 0.5) is 8.78 Å². The van der Waals surface area contributed by atoms with Crippen molar-refractivity contribution < 1.29 is 13.5 Å². The summed E-state index contributed by atoms with van der Waals surface area (Å²) in [6, 6.07) is 6.96. The summed E-state index contributed by atoms with van der Waals surface area (Å²) >= 11 is 0. The first kappa shape index (κ1) is 16.2. The number of para-hydroxylation sites is 1. The zero-order valence-corrected chi connectivity index (χ0v) is 12.5. The highest BCUT2D eigenvalue weighted by atomic mass is 19.3. The van der Waals surface area contributed by atoms with E-state index in [1.54, 1.807) is 12.1 Å². The lowest BCUT2D eigenvalue weighted by Gasteiger charge is -2.31. The third-order valence-corrected chi connectivity index (χ3v) is 4.09. The predicted octanol–water partition coefficient (Wildman–Crippen LogP) is 3.11. The van der Waals surface area contributed by atoms with E-state index in [0.717, 1.165) is 31.7 Å². The van der Waals surface area contributed by atoms with Crippen LogP contribution >= 0.6 is 0 Å².